The standard InChI is InChI=1S/C24H27FN2O4/c1-30-20-4-2-3-17-10-16-31-24(22(17)20)11-14-27(15-12-24)21(28)9-13-26-23(29)18-5-7-19(25)8-6-18/h2-8H,9-16H2,1H3,(H,26,29). The fourth-order valence-corrected chi connectivity index (χ4v) is 4.56. The molecule has 1 fully saturated rings. The monoisotopic (exact) mass is 426 g/mol. The lowest BCUT2D eigenvalue weighted by Gasteiger charge is -2.45. The molecule has 31 heavy (non-hydrogen) atoms. The minimum atomic E-state index is -0.409. The SMILES string of the molecule is COc1cccc2c1C1(CCN(C(=O)CCNC(=O)c3ccc(F)cc3)CC1)OCC2. The molecule has 1 N–H and O–H groups in total. The second kappa shape index (κ2) is 9.06. The summed E-state index contributed by atoms with van der Waals surface area (Å²) in [6.45, 7) is 2.11. The van der Waals surface area contributed by atoms with Crippen LogP contribution in [0.1, 0.15) is 40.7 Å². The summed E-state index contributed by atoms with van der Waals surface area (Å²) in [6.07, 6.45) is 2.52. The first-order valence-corrected chi connectivity index (χ1v) is 10.6. The second-order valence-electron chi connectivity index (χ2n) is 7.98. The lowest BCUT2D eigenvalue weighted by molar-refractivity contribution is -0.140. The van der Waals surface area contributed by atoms with Crippen molar-refractivity contribution in [2.45, 2.75) is 31.3 Å². The number of rotatable bonds is 5. The van der Waals surface area contributed by atoms with E-state index < -0.39 is 11.4 Å². The smallest absolute Gasteiger partial charge is 0.251 e. The molecular formula is C24H27FN2O4. The third kappa shape index (κ3) is 4.42. The van der Waals surface area contributed by atoms with Gasteiger partial charge in [0.25, 0.3) is 5.91 Å². The first-order chi connectivity index (χ1) is 15.0. The molecule has 2 aliphatic heterocycles. The quantitative estimate of drug-likeness (QED) is 0.798. The Bertz CT molecular complexity index is 938. The first kappa shape index (κ1) is 21.3. The zero-order valence-electron chi connectivity index (χ0n) is 17.7. The summed E-state index contributed by atoms with van der Waals surface area (Å²) < 4.78 is 24.9. The lowest BCUT2D eigenvalue weighted by atomic mass is 9.78. The summed E-state index contributed by atoms with van der Waals surface area (Å²) in [4.78, 5) is 26.6. The Balaban J connectivity index is 1.32. The van der Waals surface area contributed by atoms with Crippen LogP contribution in [0.15, 0.2) is 42.5 Å². The van der Waals surface area contributed by atoms with Gasteiger partial charge >= 0.3 is 0 Å². The number of piperidine rings is 1. The van der Waals surface area contributed by atoms with Crippen LogP contribution in [0.5, 0.6) is 5.75 Å². The number of ether oxygens (including phenoxy) is 2. The van der Waals surface area contributed by atoms with E-state index in [1.54, 1.807) is 7.11 Å². The molecule has 1 spiro atoms. The number of amides is 2. The lowest BCUT2D eigenvalue weighted by Crippen LogP contribution is -2.49. The van der Waals surface area contributed by atoms with Gasteiger partial charge in [0, 0.05) is 37.2 Å². The zero-order chi connectivity index (χ0) is 21.8. The number of fused-ring (bicyclic) bond motifs is 2. The molecule has 0 aliphatic carbocycles. The van der Waals surface area contributed by atoms with Crippen molar-refractivity contribution in [3.63, 3.8) is 0 Å². The number of hydrogen-bond acceptors (Lipinski definition) is 4. The molecule has 0 unspecified atom stereocenters. The van der Waals surface area contributed by atoms with Crippen molar-refractivity contribution in [1.29, 1.82) is 0 Å². The van der Waals surface area contributed by atoms with Crippen LogP contribution in [0.3, 0.4) is 0 Å². The minimum Gasteiger partial charge on any atom is -0.496 e. The summed E-state index contributed by atoms with van der Waals surface area (Å²) in [7, 11) is 1.68. The molecule has 2 heterocycles. The number of likely N-dealkylation sites (tertiary alicyclic amines) is 1. The van der Waals surface area contributed by atoms with Gasteiger partial charge < -0.3 is 19.7 Å². The minimum absolute atomic E-state index is 0.00492. The van der Waals surface area contributed by atoms with Crippen LogP contribution in [-0.4, -0.2) is 50.1 Å². The van der Waals surface area contributed by atoms with Crippen LogP contribution in [0, 0.1) is 5.82 Å². The van der Waals surface area contributed by atoms with E-state index in [1.165, 1.54) is 29.8 Å². The van der Waals surface area contributed by atoms with E-state index in [-0.39, 0.29) is 24.8 Å². The number of carbonyl (C=O) groups excluding carboxylic acids is 2. The maximum atomic E-state index is 13.0. The second-order valence-corrected chi connectivity index (χ2v) is 7.98. The molecule has 2 aromatic carbocycles. The third-order valence-electron chi connectivity index (χ3n) is 6.19. The van der Waals surface area contributed by atoms with E-state index in [0.29, 0.717) is 38.1 Å². The molecule has 164 valence electrons. The Morgan fingerprint density at radius 2 is 1.90 bits per heavy atom. The summed E-state index contributed by atoms with van der Waals surface area (Å²) in [6, 6.07) is 11.4. The van der Waals surface area contributed by atoms with Crippen molar-refractivity contribution in [2.75, 3.05) is 33.4 Å². The zero-order valence-corrected chi connectivity index (χ0v) is 17.7. The van der Waals surface area contributed by atoms with Crippen LogP contribution >= 0.6 is 0 Å². The van der Waals surface area contributed by atoms with Gasteiger partial charge in [-0.2, -0.15) is 0 Å². The molecule has 2 amide bonds. The van der Waals surface area contributed by atoms with E-state index in [1.807, 2.05) is 17.0 Å². The normalized spacial score (nSPS) is 17.2. The first-order valence-electron chi connectivity index (χ1n) is 10.6. The van der Waals surface area contributed by atoms with Gasteiger partial charge in [-0.05, 0) is 55.2 Å². The predicted octanol–water partition coefficient (Wildman–Crippen LogP) is 3.04. The van der Waals surface area contributed by atoms with Gasteiger partial charge in [-0.25, -0.2) is 4.39 Å². The summed E-state index contributed by atoms with van der Waals surface area (Å²) in [5, 5.41) is 2.72. The number of carbonyl (C=O) groups is 2. The highest BCUT2D eigenvalue weighted by Crippen LogP contribution is 2.45. The molecular weight excluding hydrogens is 399 g/mol. The fraction of sp³-hybridized carbons (Fsp3) is 0.417. The van der Waals surface area contributed by atoms with Crippen molar-refractivity contribution in [3.05, 3.63) is 65.0 Å². The molecule has 4 rings (SSSR count). The number of methoxy groups -OCH3 is 1. The molecule has 1 saturated heterocycles. The molecule has 6 nitrogen and oxygen atoms in total. The van der Waals surface area contributed by atoms with Gasteiger partial charge in [-0.1, -0.05) is 12.1 Å². The van der Waals surface area contributed by atoms with Crippen molar-refractivity contribution in [1.82, 2.24) is 10.2 Å². The van der Waals surface area contributed by atoms with E-state index in [2.05, 4.69) is 11.4 Å². The molecule has 0 radical (unpaired) electrons. The van der Waals surface area contributed by atoms with Crippen molar-refractivity contribution in [2.24, 2.45) is 0 Å². The van der Waals surface area contributed by atoms with Gasteiger partial charge in [-0.15, -0.1) is 0 Å². The summed E-state index contributed by atoms with van der Waals surface area (Å²) in [5.41, 5.74) is 2.35. The molecule has 0 bridgehead atoms. The Hall–Kier alpha value is -2.93. The van der Waals surface area contributed by atoms with E-state index >= 15 is 0 Å². The highest BCUT2D eigenvalue weighted by Gasteiger charge is 2.43. The maximum absolute atomic E-state index is 13.0. The van der Waals surface area contributed by atoms with Crippen LogP contribution in [0.4, 0.5) is 4.39 Å². The molecule has 0 saturated carbocycles. The number of benzene rings is 2. The molecule has 7 heteroatoms. The van der Waals surface area contributed by atoms with Crippen molar-refractivity contribution in [3.8, 4) is 5.75 Å². The summed E-state index contributed by atoms with van der Waals surface area (Å²) in [5.74, 6) is 0.146. The number of hydrogen-bond donors (Lipinski definition) is 1. The Kier molecular flexibility index (Phi) is 6.23. The Morgan fingerprint density at radius 1 is 1.16 bits per heavy atom. The summed E-state index contributed by atoms with van der Waals surface area (Å²) >= 11 is 0. The topological polar surface area (TPSA) is 67.9 Å². The van der Waals surface area contributed by atoms with Gasteiger partial charge in [0.05, 0.1) is 13.7 Å². The highest BCUT2D eigenvalue weighted by atomic mass is 19.1. The largest absolute Gasteiger partial charge is 0.496 e. The fourth-order valence-electron chi connectivity index (χ4n) is 4.56. The van der Waals surface area contributed by atoms with E-state index in [9.17, 15) is 14.0 Å². The van der Waals surface area contributed by atoms with Crippen LogP contribution in [0.25, 0.3) is 0 Å². The van der Waals surface area contributed by atoms with Crippen molar-refractivity contribution < 1.29 is 23.5 Å². The molecule has 0 aromatic heterocycles. The number of nitrogens with one attached hydrogen (secondary N) is 1. The van der Waals surface area contributed by atoms with Gasteiger partial charge in [-0.3, -0.25) is 9.59 Å². The van der Waals surface area contributed by atoms with E-state index in [4.69, 9.17) is 9.47 Å². The van der Waals surface area contributed by atoms with Crippen LogP contribution in [-0.2, 0) is 21.6 Å². The van der Waals surface area contributed by atoms with Crippen molar-refractivity contribution >= 4 is 11.8 Å². The third-order valence-corrected chi connectivity index (χ3v) is 6.19. The van der Waals surface area contributed by atoms with Crippen LogP contribution < -0.4 is 10.1 Å². The average Bonchev–Trinajstić information content (AvgIpc) is 2.79. The number of halogens is 1. The molecule has 0 atom stereocenters. The molecule has 2 aromatic rings. The van der Waals surface area contributed by atoms with Gasteiger partial charge in [0.1, 0.15) is 17.2 Å². The highest BCUT2D eigenvalue weighted by molar-refractivity contribution is 5.94. The number of nitrogens with zero attached hydrogens (tertiary/aromatic N) is 1. The Morgan fingerprint density at radius 3 is 2.61 bits per heavy atom. The molecule has 2 aliphatic rings. The average molecular weight is 426 g/mol. The van der Waals surface area contributed by atoms with Gasteiger partial charge in [0.15, 0.2) is 0 Å². The van der Waals surface area contributed by atoms with E-state index in [0.717, 1.165) is 17.7 Å². The Labute approximate surface area is 181 Å². The maximum Gasteiger partial charge on any atom is 0.251 e. The predicted molar refractivity (Wildman–Crippen MR) is 113 cm³/mol. The van der Waals surface area contributed by atoms with Crippen LogP contribution in [0.2, 0.25) is 0 Å². The van der Waals surface area contributed by atoms with Gasteiger partial charge in [0.2, 0.25) is 5.91 Å².